The molecule has 31 heavy (non-hydrogen) atoms. The number of carbonyl (C=O) groups is 3. The third kappa shape index (κ3) is 4.47. The number of ether oxygens (including phenoxy) is 1. The summed E-state index contributed by atoms with van der Waals surface area (Å²) >= 11 is 2.49. The van der Waals surface area contributed by atoms with Gasteiger partial charge in [-0.3, -0.25) is 14.5 Å². The van der Waals surface area contributed by atoms with Crippen LogP contribution >= 0.6 is 23.1 Å². The number of hydrogen-bond acceptors (Lipinski definition) is 11. The first-order chi connectivity index (χ1) is 14.4. The van der Waals surface area contributed by atoms with Crippen molar-refractivity contribution in [1.82, 2.24) is 15.2 Å². The summed E-state index contributed by atoms with van der Waals surface area (Å²) in [6.07, 6.45) is 1.20. The summed E-state index contributed by atoms with van der Waals surface area (Å²) in [6, 6.07) is -0.916. The summed E-state index contributed by atoms with van der Waals surface area (Å²) in [5, 5.41) is 19.3. The molecule has 0 aromatic carbocycles. The summed E-state index contributed by atoms with van der Waals surface area (Å²) in [5.41, 5.74) is 6.09. The number of aromatic nitrogens is 1. The summed E-state index contributed by atoms with van der Waals surface area (Å²) < 4.78 is 5.60. The van der Waals surface area contributed by atoms with Crippen LogP contribution in [0.5, 0.6) is 0 Å². The van der Waals surface area contributed by atoms with E-state index in [1.807, 2.05) is 0 Å². The Morgan fingerprint density at radius 1 is 1.48 bits per heavy atom. The molecule has 3 aliphatic rings. The van der Waals surface area contributed by atoms with Crippen LogP contribution in [0.15, 0.2) is 21.8 Å². The van der Waals surface area contributed by atoms with Crippen LogP contribution in [-0.4, -0.2) is 70.4 Å². The minimum absolute atomic E-state index is 0. The molecule has 3 N–H and O–H groups in total. The van der Waals surface area contributed by atoms with Crippen LogP contribution in [0.1, 0.15) is 18.5 Å². The molecule has 3 aliphatic heterocycles. The molecule has 160 valence electrons. The van der Waals surface area contributed by atoms with E-state index in [0.717, 1.165) is 17.8 Å². The molecule has 4 rings (SSSR count). The predicted octanol–water partition coefficient (Wildman–Crippen LogP) is -4.34. The van der Waals surface area contributed by atoms with Gasteiger partial charge in [-0.25, -0.2) is 4.98 Å². The van der Waals surface area contributed by atoms with Gasteiger partial charge in [0.25, 0.3) is 11.8 Å². The zero-order valence-corrected chi connectivity index (χ0v) is 20.5. The summed E-state index contributed by atoms with van der Waals surface area (Å²) in [6.45, 7) is 0.554. The fraction of sp³-hybridized carbons (Fsp3) is 0.471. The van der Waals surface area contributed by atoms with Crippen LogP contribution in [0.3, 0.4) is 0 Å². The number of carboxylic acid groups (broad SMARTS) is 1. The van der Waals surface area contributed by atoms with Crippen molar-refractivity contribution < 1.29 is 58.6 Å². The molecule has 0 saturated carbocycles. The van der Waals surface area contributed by atoms with Gasteiger partial charge in [0.2, 0.25) is 0 Å². The van der Waals surface area contributed by atoms with Crippen molar-refractivity contribution in [3.63, 3.8) is 0 Å². The number of oxime groups is 1. The second-order valence-electron chi connectivity index (χ2n) is 6.72. The first kappa shape index (κ1) is 24.0. The van der Waals surface area contributed by atoms with Crippen molar-refractivity contribution >= 4 is 51.7 Å². The Hall–Kier alpha value is -1.64. The third-order valence-corrected chi connectivity index (χ3v) is 6.93. The van der Waals surface area contributed by atoms with Gasteiger partial charge < -0.3 is 30.5 Å². The summed E-state index contributed by atoms with van der Waals surface area (Å²) in [5.74, 6) is -2.27. The van der Waals surface area contributed by atoms with Gasteiger partial charge in [-0.05, 0) is 18.4 Å². The second-order valence-corrected chi connectivity index (χ2v) is 8.71. The molecule has 2 saturated heterocycles. The minimum atomic E-state index is -1.43. The number of nitrogen functional groups attached to an aromatic ring is 1. The van der Waals surface area contributed by atoms with Gasteiger partial charge in [-0.2, -0.15) is 0 Å². The number of carbonyl (C=O) groups excluding carboxylic acids is 3. The number of carboxylic acids is 1. The molecule has 1 aromatic rings. The number of thiazole rings is 1. The van der Waals surface area contributed by atoms with Crippen LogP contribution in [0.25, 0.3) is 0 Å². The smallest absolute Gasteiger partial charge is 0.543 e. The van der Waals surface area contributed by atoms with Crippen molar-refractivity contribution in [1.29, 1.82) is 0 Å². The van der Waals surface area contributed by atoms with Gasteiger partial charge in [0.1, 0.15) is 24.2 Å². The maximum atomic E-state index is 12.8. The number of thioether (sulfide) groups is 1. The van der Waals surface area contributed by atoms with Crippen LogP contribution in [0, 0.1) is 0 Å². The Morgan fingerprint density at radius 2 is 2.26 bits per heavy atom. The number of amides is 2. The first-order valence-electron chi connectivity index (χ1n) is 9.06. The Balaban J connectivity index is 0.00000272. The van der Waals surface area contributed by atoms with E-state index in [4.69, 9.17) is 15.3 Å². The van der Waals surface area contributed by atoms with Crippen molar-refractivity contribution in [2.45, 2.75) is 30.4 Å². The average Bonchev–Trinajstić information content (AvgIpc) is 3.40. The number of anilines is 1. The quantitative estimate of drug-likeness (QED) is 0.179. The van der Waals surface area contributed by atoms with E-state index in [9.17, 15) is 19.5 Å². The van der Waals surface area contributed by atoms with E-state index in [2.05, 4.69) is 15.5 Å². The fourth-order valence-corrected chi connectivity index (χ4v) is 5.59. The van der Waals surface area contributed by atoms with Gasteiger partial charge in [-0.1, -0.05) is 5.16 Å². The number of hydrogen-bond donors (Lipinski definition) is 2. The zero-order chi connectivity index (χ0) is 21.4. The van der Waals surface area contributed by atoms with E-state index in [0.29, 0.717) is 24.4 Å². The van der Waals surface area contributed by atoms with E-state index in [1.165, 1.54) is 23.8 Å². The van der Waals surface area contributed by atoms with Gasteiger partial charge in [-0.15, -0.1) is 23.1 Å². The number of nitrogens with two attached hydrogens (primary N) is 1. The van der Waals surface area contributed by atoms with Crippen molar-refractivity contribution in [3.8, 4) is 0 Å². The molecule has 0 aliphatic carbocycles. The number of nitrogens with zero attached hydrogens (tertiary/aromatic N) is 3. The molecule has 0 spiro atoms. The molecule has 14 heteroatoms. The molecule has 4 heterocycles. The van der Waals surface area contributed by atoms with Crippen molar-refractivity contribution in [2.75, 3.05) is 25.2 Å². The third-order valence-electron chi connectivity index (χ3n) is 4.96. The maximum Gasteiger partial charge on any atom is 1.00 e. The van der Waals surface area contributed by atoms with Crippen molar-refractivity contribution in [3.05, 3.63) is 22.3 Å². The summed E-state index contributed by atoms with van der Waals surface area (Å²) in [7, 11) is 1.28. The molecule has 0 unspecified atom stereocenters. The Morgan fingerprint density at radius 3 is 2.84 bits per heavy atom. The monoisotopic (exact) mass is 475 g/mol. The van der Waals surface area contributed by atoms with E-state index < -0.39 is 29.2 Å². The number of aliphatic carboxylic acids is 1. The standard InChI is InChI=1S/C17H19N5O6S2.Na/c1-27-21-10(8-6-30-17(18)19-8)13(23)20-11-14(24)22-12(16(25)26)7(5-29-15(11)22)9-3-2-4-28-9;/h6,9,11,15H,2-5H2,1H3,(H2,18,19)(H,20,23)(H,25,26);/q;+1/p-1/b21-10+;/t9-,11-,15-;/m1./s1. The molecule has 2 amide bonds. The van der Waals surface area contributed by atoms with Crippen LogP contribution in [0.4, 0.5) is 5.13 Å². The molecular formula is C17H18N5NaO6S2. The fourth-order valence-electron chi connectivity index (χ4n) is 3.63. The molecule has 0 radical (unpaired) electrons. The van der Waals surface area contributed by atoms with Crippen LogP contribution < -0.4 is 45.7 Å². The molecule has 11 nitrogen and oxygen atoms in total. The molecular weight excluding hydrogens is 457 g/mol. The number of rotatable bonds is 6. The molecule has 2 fully saturated rings. The van der Waals surface area contributed by atoms with E-state index in [1.54, 1.807) is 5.38 Å². The number of fused-ring (bicyclic) bond motifs is 1. The van der Waals surface area contributed by atoms with Gasteiger partial charge >= 0.3 is 29.6 Å². The number of nitrogens with one attached hydrogen (secondary N) is 1. The topological polar surface area (TPSA) is 159 Å². The van der Waals surface area contributed by atoms with Gasteiger partial charge in [0.05, 0.1) is 17.8 Å². The van der Waals surface area contributed by atoms with E-state index >= 15 is 0 Å². The second kappa shape index (κ2) is 9.88. The average molecular weight is 475 g/mol. The molecule has 1 aromatic heterocycles. The van der Waals surface area contributed by atoms with Crippen LogP contribution in [-0.2, 0) is 24.0 Å². The summed E-state index contributed by atoms with van der Waals surface area (Å²) in [4.78, 5) is 47.2. The van der Waals surface area contributed by atoms with E-state index in [-0.39, 0.29) is 57.9 Å². The zero-order valence-electron chi connectivity index (χ0n) is 16.8. The Labute approximate surface area is 207 Å². The number of β-lactam (4-membered cyclic amide) rings is 1. The Bertz CT molecular complexity index is 961. The minimum Gasteiger partial charge on any atom is -0.543 e. The largest absolute Gasteiger partial charge is 1.00 e. The predicted molar refractivity (Wildman–Crippen MR) is 106 cm³/mol. The Kier molecular flexibility index (Phi) is 7.65. The maximum absolute atomic E-state index is 12.8. The van der Waals surface area contributed by atoms with Gasteiger partial charge in [0, 0.05) is 17.7 Å². The SMILES string of the molecule is CO/N=C(/C(=O)N[C@@H]1C(=O)N2C(C(=O)[O-])=C([C@H]3CCCO3)CS[C@H]12)c1csc(N)n1.[Na+]. The molecule has 0 bridgehead atoms. The molecule has 3 atom stereocenters. The van der Waals surface area contributed by atoms with Crippen LogP contribution in [0.2, 0.25) is 0 Å². The first-order valence-corrected chi connectivity index (χ1v) is 11.0. The van der Waals surface area contributed by atoms with Gasteiger partial charge in [0.15, 0.2) is 10.8 Å². The van der Waals surface area contributed by atoms with Crippen molar-refractivity contribution in [2.24, 2.45) is 5.16 Å². The normalized spacial score (nSPS) is 25.5.